The van der Waals surface area contributed by atoms with Gasteiger partial charge in [-0.05, 0) is 30.2 Å². The molecule has 0 radical (unpaired) electrons. The minimum absolute atomic E-state index is 0.0441. The van der Waals surface area contributed by atoms with Crippen molar-refractivity contribution < 1.29 is 23.9 Å². The van der Waals surface area contributed by atoms with E-state index in [4.69, 9.17) is 4.74 Å². The number of carbonyl (C=O) groups excluding carboxylic acids is 4. The normalized spacial score (nSPS) is 24.1. The van der Waals surface area contributed by atoms with E-state index in [1.165, 1.54) is 11.3 Å². The number of thioether (sulfide) groups is 1. The molecule has 2 saturated heterocycles. The van der Waals surface area contributed by atoms with E-state index >= 15 is 0 Å². The van der Waals surface area contributed by atoms with Crippen LogP contribution in [0.3, 0.4) is 0 Å². The van der Waals surface area contributed by atoms with E-state index in [-0.39, 0.29) is 36.0 Å². The van der Waals surface area contributed by atoms with Crippen LogP contribution in [0.5, 0.6) is 0 Å². The van der Waals surface area contributed by atoms with E-state index in [0.29, 0.717) is 24.9 Å². The molecule has 4 rings (SSSR count). The Morgan fingerprint density at radius 1 is 1.09 bits per heavy atom. The predicted octanol–water partition coefficient (Wildman–Crippen LogP) is 2.44. The highest BCUT2D eigenvalue weighted by Crippen LogP contribution is 2.26. The van der Waals surface area contributed by atoms with Gasteiger partial charge in [0.05, 0.1) is 17.6 Å². The van der Waals surface area contributed by atoms with Gasteiger partial charge in [0.15, 0.2) is 0 Å². The van der Waals surface area contributed by atoms with Crippen LogP contribution >= 0.6 is 11.8 Å². The lowest BCUT2D eigenvalue weighted by Gasteiger charge is -2.34. The lowest BCUT2D eigenvalue weighted by atomic mass is 9.94. The summed E-state index contributed by atoms with van der Waals surface area (Å²) in [5.74, 6) is -1.16. The SMILES string of the molecule is O=C1NC(=O)/C(=C/C(=O)N2CC(=O)N(C3CCCCC3)C[C@@H](OCc3ccccc3)C2)S1. The van der Waals surface area contributed by atoms with Crippen LogP contribution in [-0.2, 0) is 25.7 Å². The van der Waals surface area contributed by atoms with Crippen molar-refractivity contribution in [2.24, 2.45) is 0 Å². The summed E-state index contributed by atoms with van der Waals surface area (Å²) < 4.78 is 6.16. The molecule has 1 aromatic rings. The summed E-state index contributed by atoms with van der Waals surface area (Å²) in [5, 5.41) is 1.63. The molecular weight excluding hydrogens is 430 g/mol. The van der Waals surface area contributed by atoms with Crippen molar-refractivity contribution in [3.63, 3.8) is 0 Å². The van der Waals surface area contributed by atoms with Crippen LogP contribution in [0.4, 0.5) is 4.79 Å². The van der Waals surface area contributed by atoms with Crippen LogP contribution in [0.25, 0.3) is 0 Å². The summed E-state index contributed by atoms with van der Waals surface area (Å²) >= 11 is 0.691. The molecule has 170 valence electrons. The predicted molar refractivity (Wildman–Crippen MR) is 119 cm³/mol. The van der Waals surface area contributed by atoms with Crippen LogP contribution in [0.15, 0.2) is 41.3 Å². The molecular formula is C23H27N3O5S. The second kappa shape index (κ2) is 10.3. The number of ether oxygens (including phenoxy) is 1. The number of imide groups is 1. The minimum atomic E-state index is -0.588. The highest BCUT2D eigenvalue weighted by molar-refractivity contribution is 8.18. The Morgan fingerprint density at radius 2 is 1.84 bits per heavy atom. The van der Waals surface area contributed by atoms with Crippen molar-refractivity contribution in [1.29, 1.82) is 0 Å². The van der Waals surface area contributed by atoms with Gasteiger partial charge in [-0.2, -0.15) is 0 Å². The van der Waals surface area contributed by atoms with E-state index in [1.54, 1.807) is 0 Å². The van der Waals surface area contributed by atoms with Crippen LogP contribution in [0, 0.1) is 0 Å². The number of benzene rings is 1. The Bertz CT molecular complexity index is 913. The molecule has 32 heavy (non-hydrogen) atoms. The maximum Gasteiger partial charge on any atom is 0.290 e. The standard InChI is InChI=1S/C23H27N3O5S/c27-20(11-19-22(29)24-23(30)32-19)25-12-18(31-15-16-7-3-1-4-8-16)13-26(21(28)14-25)17-9-5-2-6-10-17/h1,3-4,7-8,11,17-18H,2,5-6,9-10,12-15H2,(H,24,29,30)/b19-11-/t18-/m0/s1. The first kappa shape index (κ1) is 22.5. The quantitative estimate of drug-likeness (QED) is 0.683. The van der Waals surface area contributed by atoms with E-state index in [9.17, 15) is 19.2 Å². The van der Waals surface area contributed by atoms with Gasteiger partial charge in [-0.1, -0.05) is 49.6 Å². The minimum Gasteiger partial charge on any atom is -0.370 e. The van der Waals surface area contributed by atoms with Crippen molar-refractivity contribution >= 4 is 34.7 Å². The molecule has 8 nitrogen and oxygen atoms in total. The molecule has 1 aromatic carbocycles. The van der Waals surface area contributed by atoms with Gasteiger partial charge in [-0.25, -0.2) is 0 Å². The zero-order chi connectivity index (χ0) is 22.5. The number of hydrogen-bond donors (Lipinski definition) is 1. The molecule has 9 heteroatoms. The number of amides is 4. The molecule has 2 aliphatic heterocycles. The van der Waals surface area contributed by atoms with Crippen LogP contribution in [0.2, 0.25) is 0 Å². The fourth-order valence-electron chi connectivity index (χ4n) is 4.37. The van der Waals surface area contributed by atoms with Crippen LogP contribution < -0.4 is 5.32 Å². The number of nitrogens with zero attached hydrogens (tertiary/aromatic N) is 2. The first-order valence-electron chi connectivity index (χ1n) is 11.0. The Labute approximate surface area is 191 Å². The third kappa shape index (κ3) is 5.58. The molecule has 1 N–H and O–H groups in total. The molecule has 0 spiro atoms. The summed E-state index contributed by atoms with van der Waals surface area (Å²) in [6.45, 7) is 0.994. The first-order chi connectivity index (χ1) is 15.5. The van der Waals surface area contributed by atoms with E-state index in [2.05, 4.69) is 5.32 Å². The van der Waals surface area contributed by atoms with Gasteiger partial charge in [-0.3, -0.25) is 24.5 Å². The highest BCUT2D eigenvalue weighted by Gasteiger charge is 2.35. The van der Waals surface area contributed by atoms with Gasteiger partial charge in [0.2, 0.25) is 11.8 Å². The highest BCUT2D eigenvalue weighted by atomic mass is 32.2. The van der Waals surface area contributed by atoms with Crippen molar-refractivity contribution in [2.45, 2.75) is 50.9 Å². The van der Waals surface area contributed by atoms with Gasteiger partial charge in [0.1, 0.15) is 6.54 Å². The van der Waals surface area contributed by atoms with Crippen molar-refractivity contribution in [1.82, 2.24) is 15.1 Å². The summed E-state index contributed by atoms with van der Waals surface area (Å²) in [5.41, 5.74) is 1.02. The molecule has 0 aromatic heterocycles. The second-order valence-corrected chi connectivity index (χ2v) is 9.34. The summed E-state index contributed by atoms with van der Waals surface area (Å²) in [7, 11) is 0. The molecule has 0 unspecified atom stereocenters. The second-order valence-electron chi connectivity index (χ2n) is 8.33. The summed E-state index contributed by atoms with van der Waals surface area (Å²) in [4.78, 5) is 52.6. The molecule has 1 atom stereocenters. The monoisotopic (exact) mass is 457 g/mol. The maximum atomic E-state index is 13.1. The lowest BCUT2D eigenvalue weighted by molar-refractivity contribution is -0.138. The maximum absolute atomic E-state index is 13.1. The zero-order valence-corrected chi connectivity index (χ0v) is 18.6. The smallest absolute Gasteiger partial charge is 0.290 e. The fourth-order valence-corrected chi connectivity index (χ4v) is 5.02. The Hall–Kier alpha value is -2.65. The number of nitrogens with one attached hydrogen (secondary N) is 1. The lowest BCUT2D eigenvalue weighted by Crippen LogP contribution is -2.45. The van der Waals surface area contributed by atoms with Crippen molar-refractivity contribution in [2.75, 3.05) is 19.6 Å². The van der Waals surface area contributed by atoms with Crippen molar-refractivity contribution in [3.05, 3.63) is 46.9 Å². The number of rotatable bonds is 5. The molecule has 3 fully saturated rings. The van der Waals surface area contributed by atoms with Gasteiger partial charge >= 0.3 is 0 Å². The van der Waals surface area contributed by atoms with Gasteiger partial charge in [0, 0.05) is 25.2 Å². The van der Waals surface area contributed by atoms with Gasteiger partial charge in [-0.15, -0.1) is 0 Å². The largest absolute Gasteiger partial charge is 0.370 e. The van der Waals surface area contributed by atoms with E-state index in [1.807, 2.05) is 35.2 Å². The average Bonchev–Trinajstić information content (AvgIpc) is 3.01. The Balaban J connectivity index is 1.51. The Morgan fingerprint density at radius 3 is 2.53 bits per heavy atom. The number of carbonyl (C=O) groups is 4. The van der Waals surface area contributed by atoms with Gasteiger partial charge < -0.3 is 14.5 Å². The molecule has 1 aliphatic carbocycles. The fraction of sp³-hybridized carbons (Fsp3) is 0.478. The van der Waals surface area contributed by atoms with Gasteiger partial charge in [0.25, 0.3) is 11.1 Å². The molecule has 0 bridgehead atoms. The number of hydrogen-bond acceptors (Lipinski definition) is 6. The van der Waals surface area contributed by atoms with E-state index in [0.717, 1.165) is 37.3 Å². The molecule has 1 saturated carbocycles. The third-order valence-electron chi connectivity index (χ3n) is 6.02. The zero-order valence-electron chi connectivity index (χ0n) is 17.8. The van der Waals surface area contributed by atoms with Crippen LogP contribution in [0.1, 0.15) is 37.7 Å². The summed E-state index contributed by atoms with van der Waals surface area (Å²) in [6.07, 6.45) is 6.10. The summed E-state index contributed by atoms with van der Waals surface area (Å²) in [6, 6.07) is 9.94. The molecule has 4 amide bonds. The topological polar surface area (TPSA) is 96.0 Å². The first-order valence-corrected chi connectivity index (χ1v) is 11.8. The molecule has 2 heterocycles. The van der Waals surface area contributed by atoms with Crippen molar-refractivity contribution in [3.8, 4) is 0 Å². The Kier molecular flexibility index (Phi) is 7.26. The third-order valence-corrected chi connectivity index (χ3v) is 6.83. The average molecular weight is 458 g/mol. The molecule has 3 aliphatic rings. The van der Waals surface area contributed by atoms with E-state index < -0.39 is 17.1 Å². The van der Waals surface area contributed by atoms with Crippen LogP contribution in [-0.4, -0.2) is 64.5 Å².